The number of carbonyl (C=O) groups excluding carboxylic acids is 1. The maximum absolute atomic E-state index is 13.1. The van der Waals surface area contributed by atoms with Crippen molar-refractivity contribution in [3.8, 4) is 5.75 Å². The molecule has 1 amide bonds. The van der Waals surface area contributed by atoms with Gasteiger partial charge in [-0.15, -0.1) is 0 Å². The molecule has 0 saturated heterocycles. The SMILES string of the molecule is CCCCCN1C(=O)C(c2ccc(O)c(C(F)(F)F)c2)c2ccccc21. The summed E-state index contributed by atoms with van der Waals surface area (Å²) < 4.78 is 39.4. The zero-order valence-corrected chi connectivity index (χ0v) is 14.4. The maximum atomic E-state index is 13.1. The summed E-state index contributed by atoms with van der Waals surface area (Å²) in [6, 6.07) is 10.5. The largest absolute Gasteiger partial charge is 0.507 e. The van der Waals surface area contributed by atoms with E-state index < -0.39 is 23.4 Å². The minimum absolute atomic E-state index is 0.221. The summed E-state index contributed by atoms with van der Waals surface area (Å²) >= 11 is 0. The highest BCUT2D eigenvalue weighted by atomic mass is 19.4. The molecule has 138 valence electrons. The second kappa shape index (κ2) is 7.02. The molecule has 0 aromatic heterocycles. The number of halogens is 3. The molecule has 0 fully saturated rings. The third-order valence-corrected chi connectivity index (χ3v) is 4.70. The number of nitrogens with zero attached hydrogens (tertiary/aromatic N) is 1. The van der Waals surface area contributed by atoms with Crippen LogP contribution in [0.2, 0.25) is 0 Å². The molecule has 3 nitrogen and oxygen atoms in total. The number of fused-ring (bicyclic) bond motifs is 1. The van der Waals surface area contributed by atoms with Crippen LogP contribution in [0.1, 0.15) is 48.8 Å². The Bertz CT molecular complexity index is 817. The van der Waals surface area contributed by atoms with E-state index in [2.05, 4.69) is 6.92 Å². The Labute approximate surface area is 150 Å². The Morgan fingerprint density at radius 2 is 1.85 bits per heavy atom. The molecule has 1 atom stereocenters. The molecule has 1 heterocycles. The fourth-order valence-electron chi connectivity index (χ4n) is 3.42. The van der Waals surface area contributed by atoms with Crippen LogP contribution in [-0.4, -0.2) is 17.6 Å². The van der Waals surface area contributed by atoms with E-state index in [0.717, 1.165) is 37.1 Å². The molecule has 2 aromatic carbocycles. The van der Waals surface area contributed by atoms with Crippen molar-refractivity contribution in [2.75, 3.05) is 11.4 Å². The van der Waals surface area contributed by atoms with E-state index in [1.54, 1.807) is 17.0 Å². The van der Waals surface area contributed by atoms with Gasteiger partial charge in [-0.25, -0.2) is 0 Å². The van der Waals surface area contributed by atoms with Gasteiger partial charge >= 0.3 is 6.18 Å². The van der Waals surface area contributed by atoms with Gasteiger partial charge < -0.3 is 10.0 Å². The summed E-state index contributed by atoms with van der Waals surface area (Å²) in [5.74, 6) is -1.84. The van der Waals surface area contributed by atoms with Gasteiger partial charge in [0.25, 0.3) is 0 Å². The number of rotatable bonds is 5. The number of amides is 1. The smallest absolute Gasteiger partial charge is 0.419 e. The summed E-state index contributed by atoms with van der Waals surface area (Å²) in [6.45, 7) is 2.61. The van der Waals surface area contributed by atoms with Crippen molar-refractivity contribution in [1.29, 1.82) is 0 Å². The highest BCUT2D eigenvalue weighted by molar-refractivity contribution is 6.07. The van der Waals surface area contributed by atoms with E-state index >= 15 is 0 Å². The van der Waals surface area contributed by atoms with Gasteiger partial charge in [0.1, 0.15) is 5.75 Å². The minimum Gasteiger partial charge on any atom is -0.507 e. The molecular formula is C20H20F3NO2. The zero-order valence-electron chi connectivity index (χ0n) is 14.4. The summed E-state index contributed by atoms with van der Waals surface area (Å²) in [5, 5.41) is 9.55. The Balaban J connectivity index is 2.02. The van der Waals surface area contributed by atoms with Gasteiger partial charge in [-0.05, 0) is 35.7 Å². The summed E-state index contributed by atoms with van der Waals surface area (Å²) in [5.41, 5.74) is 0.573. The van der Waals surface area contributed by atoms with Gasteiger partial charge in [-0.1, -0.05) is 44.0 Å². The van der Waals surface area contributed by atoms with E-state index in [-0.39, 0.29) is 11.5 Å². The first-order chi connectivity index (χ1) is 12.3. The number of para-hydroxylation sites is 1. The molecule has 6 heteroatoms. The fourth-order valence-corrected chi connectivity index (χ4v) is 3.42. The highest BCUT2D eigenvalue weighted by Crippen LogP contribution is 2.44. The van der Waals surface area contributed by atoms with Crippen molar-refractivity contribution in [3.63, 3.8) is 0 Å². The molecule has 0 aliphatic carbocycles. The van der Waals surface area contributed by atoms with Gasteiger partial charge in [0, 0.05) is 12.2 Å². The topological polar surface area (TPSA) is 40.5 Å². The van der Waals surface area contributed by atoms with Gasteiger partial charge in [0.05, 0.1) is 11.5 Å². The van der Waals surface area contributed by atoms with Crippen LogP contribution in [0.5, 0.6) is 5.75 Å². The van der Waals surface area contributed by atoms with E-state index in [0.29, 0.717) is 12.1 Å². The molecule has 1 unspecified atom stereocenters. The van der Waals surface area contributed by atoms with Crippen molar-refractivity contribution < 1.29 is 23.1 Å². The van der Waals surface area contributed by atoms with Crippen LogP contribution < -0.4 is 4.90 Å². The molecule has 1 aliphatic heterocycles. The number of carbonyl (C=O) groups is 1. The van der Waals surface area contributed by atoms with Gasteiger partial charge in [0.2, 0.25) is 5.91 Å². The third-order valence-electron chi connectivity index (χ3n) is 4.70. The molecule has 26 heavy (non-hydrogen) atoms. The van der Waals surface area contributed by atoms with Crippen molar-refractivity contribution in [2.24, 2.45) is 0 Å². The molecule has 0 saturated carbocycles. The first-order valence-electron chi connectivity index (χ1n) is 8.65. The number of hydrogen-bond acceptors (Lipinski definition) is 2. The second-order valence-corrected chi connectivity index (χ2v) is 6.46. The molecule has 0 radical (unpaired) electrons. The Kier molecular flexibility index (Phi) is 4.94. The van der Waals surface area contributed by atoms with Crippen LogP contribution in [0.15, 0.2) is 42.5 Å². The summed E-state index contributed by atoms with van der Waals surface area (Å²) in [7, 11) is 0. The second-order valence-electron chi connectivity index (χ2n) is 6.46. The predicted molar refractivity (Wildman–Crippen MR) is 93.3 cm³/mol. The molecule has 0 bridgehead atoms. The number of aromatic hydroxyl groups is 1. The van der Waals surface area contributed by atoms with Crippen LogP contribution >= 0.6 is 0 Å². The highest BCUT2D eigenvalue weighted by Gasteiger charge is 2.40. The lowest BCUT2D eigenvalue weighted by atomic mass is 9.91. The molecular weight excluding hydrogens is 343 g/mol. The third kappa shape index (κ3) is 3.28. The Morgan fingerprint density at radius 3 is 2.54 bits per heavy atom. The number of benzene rings is 2. The number of unbranched alkanes of at least 4 members (excludes halogenated alkanes) is 2. The minimum atomic E-state index is -4.68. The average molecular weight is 363 g/mol. The van der Waals surface area contributed by atoms with Crippen LogP contribution in [0.25, 0.3) is 0 Å². The Hall–Kier alpha value is -2.50. The van der Waals surface area contributed by atoms with Crippen LogP contribution in [0, 0.1) is 0 Å². The number of alkyl halides is 3. The van der Waals surface area contributed by atoms with Gasteiger partial charge in [-0.3, -0.25) is 4.79 Å². The molecule has 0 spiro atoms. The lowest BCUT2D eigenvalue weighted by Crippen LogP contribution is -2.30. The molecule has 1 N–H and O–H groups in total. The van der Waals surface area contributed by atoms with E-state index in [9.17, 15) is 23.1 Å². The van der Waals surface area contributed by atoms with Crippen molar-refractivity contribution in [3.05, 3.63) is 59.2 Å². The van der Waals surface area contributed by atoms with E-state index in [1.807, 2.05) is 12.1 Å². The van der Waals surface area contributed by atoms with Gasteiger partial charge in [0.15, 0.2) is 0 Å². The van der Waals surface area contributed by atoms with Crippen molar-refractivity contribution in [2.45, 2.75) is 38.3 Å². The Morgan fingerprint density at radius 1 is 1.12 bits per heavy atom. The number of anilines is 1. The fraction of sp³-hybridized carbons (Fsp3) is 0.350. The van der Waals surface area contributed by atoms with Crippen LogP contribution in [0.4, 0.5) is 18.9 Å². The monoisotopic (exact) mass is 363 g/mol. The van der Waals surface area contributed by atoms with Crippen molar-refractivity contribution >= 4 is 11.6 Å². The van der Waals surface area contributed by atoms with Crippen molar-refractivity contribution in [1.82, 2.24) is 0 Å². The van der Waals surface area contributed by atoms with E-state index in [4.69, 9.17) is 0 Å². The van der Waals surface area contributed by atoms with Crippen LogP contribution in [-0.2, 0) is 11.0 Å². The molecule has 1 aliphatic rings. The number of phenolic OH excluding ortho intramolecular Hbond substituents is 1. The van der Waals surface area contributed by atoms with Gasteiger partial charge in [-0.2, -0.15) is 13.2 Å². The zero-order chi connectivity index (χ0) is 18.9. The first-order valence-corrected chi connectivity index (χ1v) is 8.65. The molecule has 3 rings (SSSR count). The summed E-state index contributed by atoms with van der Waals surface area (Å²) in [6.07, 6.45) is -1.84. The maximum Gasteiger partial charge on any atom is 0.419 e. The standard InChI is InChI=1S/C20H20F3NO2/c1-2-3-6-11-24-16-8-5-4-7-14(16)18(19(24)26)13-9-10-17(25)15(12-13)20(21,22)23/h4-5,7-10,12,18,25H,2-3,6,11H2,1H3. The number of phenols is 1. The summed E-state index contributed by atoms with van der Waals surface area (Å²) in [4.78, 5) is 14.6. The van der Waals surface area contributed by atoms with Crippen LogP contribution in [0.3, 0.4) is 0 Å². The quantitative estimate of drug-likeness (QED) is 0.753. The lowest BCUT2D eigenvalue weighted by Gasteiger charge is -2.18. The lowest BCUT2D eigenvalue weighted by molar-refractivity contribution is -0.138. The normalized spacial score (nSPS) is 16.8. The van der Waals surface area contributed by atoms with E-state index in [1.165, 1.54) is 6.07 Å². The first kappa shape index (κ1) is 18.3. The predicted octanol–water partition coefficient (Wildman–Crippen LogP) is 5.08. The molecule has 2 aromatic rings. The number of hydrogen-bond donors (Lipinski definition) is 1. The average Bonchev–Trinajstić information content (AvgIpc) is 2.87.